The molecule has 1 fully saturated rings. The first-order valence-electron chi connectivity index (χ1n) is 7.68. The minimum absolute atomic E-state index is 0.174. The van der Waals surface area contributed by atoms with Crippen molar-refractivity contribution >= 4 is 11.1 Å². The maximum atomic E-state index is 5.96. The highest BCUT2D eigenvalue weighted by molar-refractivity contribution is 5.72. The number of aromatic nitrogens is 3. The van der Waals surface area contributed by atoms with Gasteiger partial charge in [0.15, 0.2) is 11.4 Å². The van der Waals surface area contributed by atoms with Gasteiger partial charge in [0.05, 0.1) is 12.6 Å². The van der Waals surface area contributed by atoms with Crippen LogP contribution in [0.5, 0.6) is 0 Å². The molecule has 0 saturated carbocycles. The van der Waals surface area contributed by atoms with Gasteiger partial charge in [0, 0.05) is 0 Å². The van der Waals surface area contributed by atoms with Crippen molar-refractivity contribution in [1.29, 1.82) is 0 Å². The Morgan fingerprint density at radius 1 is 1.23 bits per heavy atom. The molecule has 3 heterocycles. The van der Waals surface area contributed by atoms with Crippen LogP contribution in [0, 0.1) is 6.92 Å². The van der Waals surface area contributed by atoms with Gasteiger partial charge in [-0.25, -0.2) is 4.98 Å². The van der Waals surface area contributed by atoms with Gasteiger partial charge in [0.25, 0.3) is 0 Å². The van der Waals surface area contributed by atoms with E-state index < -0.39 is 0 Å². The van der Waals surface area contributed by atoms with Crippen molar-refractivity contribution in [3.8, 4) is 0 Å². The fourth-order valence-electron chi connectivity index (χ4n) is 3.07. The van der Waals surface area contributed by atoms with Gasteiger partial charge in [-0.2, -0.15) is 4.98 Å². The summed E-state index contributed by atoms with van der Waals surface area (Å²) in [6.07, 6.45) is 3.40. The van der Waals surface area contributed by atoms with Gasteiger partial charge < -0.3 is 8.94 Å². The quantitative estimate of drug-likeness (QED) is 0.739. The van der Waals surface area contributed by atoms with Gasteiger partial charge in [-0.3, -0.25) is 4.90 Å². The van der Waals surface area contributed by atoms with E-state index in [4.69, 9.17) is 8.94 Å². The molecule has 114 valence electrons. The van der Waals surface area contributed by atoms with Crippen molar-refractivity contribution < 1.29 is 8.94 Å². The molecule has 3 aromatic rings. The first kappa shape index (κ1) is 13.5. The van der Waals surface area contributed by atoms with Gasteiger partial charge >= 0.3 is 0 Å². The Morgan fingerprint density at radius 2 is 2.14 bits per heavy atom. The van der Waals surface area contributed by atoms with E-state index in [0.717, 1.165) is 30.0 Å². The summed E-state index contributed by atoms with van der Waals surface area (Å²) in [7, 11) is 0. The smallest absolute Gasteiger partial charge is 0.240 e. The maximum absolute atomic E-state index is 5.96. The Hall–Kier alpha value is -2.21. The molecule has 0 amide bonds. The van der Waals surface area contributed by atoms with Crippen molar-refractivity contribution in [1.82, 2.24) is 20.0 Å². The van der Waals surface area contributed by atoms with Crippen molar-refractivity contribution in [2.24, 2.45) is 0 Å². The molecule has 0 N–H and O–H groups in total. The largest absolute Gasteiger partial charge is 0.439 e. The van der Waals surface area contributed by atoms with Crippen molar-refractivity contribution in [3.63, 3.8) is 0 Å². The number of oxazole rings is 1. The van der Waals surface area contributed by atoms with Crippen molar-refractivity contribution in [2.75, 3.05) is 6.54 Å². The molecule has 1 aliphatic rings. The van der Waals surface area contributed by atoms with Crippen LogP contribution in [0.1, 0.15) is 42.9 Å². The number of benzene rings is 1. The molecule has 0 aliphatic carbocycles. The molecule has 1 saturated heterocycles. The van der Waals surface area contributed by atoms with E-state index in [-0.39, 0.29) is 6.04 Å². The van der Waals surface area contributed by atoms with E-state index in [2.05, 4.69) is 20.0 Å². The van der Waals surface area contributed by atoms with E-state index in [1.807, 2.05) is 31.2 Å². The first-order chi connectivity index (χ1) is 10.8. The summed E-state index contributed by atoms with van der Waals surface area (Å²) in [4.78, 5) is 11.3. The molecule has 0 bridgehead atoms. The van der Waals surface area contributed by atoms with E-state index in [0.29, 0.717) is 18.3 Å². The zero-order valence-electron chi connectivity index (χ0n) is 12.5. The van der Waals surface area contributed by atoms with E-state index in [1.165, 1.54) is 12.8 Å². The summed E-state index contributed by atoms with van der Waals surface area (Å²) in [6.45, 7) is 3.47. The second kappa shape index (κ2) is 5.53. The Labute approximate surface area is 128 Å². The number of hydrogen-bond donors (Lipinski definition) is 0. The topological polar surface area (TPSA) is 68.2 Å². The first-order valence-corrected chi connectivity index (χ1v) is 7.68. The highest BCUT2D eigenvalue weighted by atomic mass is 16.5. The average Bonchev–Trinajstić information content (AvgIpc) is 3.14. The average molecular weight is 298 g/mol. The number of hydrogen-bond acceptors (Lipinski definition) is 6. The zero-order valence-corrected chi connectivity index (χ0v) is 12.5. The highest BCUT2D eigenvalue weighted by Gasteiger charge is 2.29. The van der Waals surface area contributed by atoms with Crippen LogP contribution < -0.4 is 0 Å². The van der Waals surface area contributed by atoms with Crippen LogP contribution >= 0.6 is 0 Å². The fraction of sp³-hybridized carbons (Fsp3) is 0.438. The second-order valence-electron chi connectivity index (χ2n) is 5.74. The van der Waals surface area contributed by atoms with E-state index in [9.17, 15) is 0 Å². The summed E-state index contributed by atoms with van der Waals surface area (Å²) < 4.78 is 11.2. The molecule has 0 spiro atoms. The lowest BCUT2D eigenvalue weighted by Crippen LogP contribution is -2.33. The van der Waals surface area contributed by atoms with Gasteiger partial charge in [-0.1, -0.05) is 23.7 Å². The predicted molar refractivity (Wildman–Crippen MR) is 80.0 cm³/mol. The van der Waals surface area contributed by atoms with Gasteiger partial charge in [-0.05, 0) is 38.4 Å². The normalized spacial score (nSPS) is 19.8. The van der Waals surface area contributed by atoms with Crippen LogP contribution in [0.4, 0.5) is 0 Å². The summed E-state index contributed by atoms with van der Waals surface area (Å²) in [5, 5.41) is 3.86. The van der Waals surface area contributed by atoms with Crippen LogP contribution in [0.3, 0.4) is 0 Å². The molecule has 0 unspecified atom stereocenters. The third kappa shape index (κ3) is 2.50. The molecule has 22 heavy (non-hydrogen) atoms. The Bertz CT molecular complexity index is 746. The lowest BCUT2D eigenvalue weighted by atomic mass is 10.0. The summed E-state index contributed by atoms with van der Waals surface area (Å²) >= 11 is 0. The van der Waals surface area contributed by atoms with Crippen molar-refractivity contribution in [3.05, 3.63) is 41.9 Å². The fourth-order valence-corrected chi connectivity index (χ4v) is 3.07. The number of rotatable bonds is 3. The van der Waals surface area contributed by atoms with E-state index >= 15 is 0 Å². The molecule has 4 rings (SSSR count). The highest BCUT2D eigenvalue weighted by Crippen LogP contribution is 2.33. The van der Waals surface area contributed by atoms with Crippen LogP contribution in [0.15, 0.2) is 33.2 Å². The van der Waals surface area contributed by atoms with Gasteiger partial charge in [-0.15, -0.1) is 0 Å². The van der Waals surface area contributed by atoms with Crippen LogP contribution in [0.25, 0.3) is 11.1 Å². The molecule has 1 aromatic carbocycles. The van der Waals surface area contributed by atoms with E-state index in [1.54, 1.807) is 0 Å². The predicted octanol–water partition coefficient (Wildman–Crippen LogP) is 3.25. The number of piperidine rings is 1. The summed E-state index contributed by atoms with van der Waals surface area (Å²) in [5.74, 6) is 2.11. The minimum atomic E-state index is 0.174. The lowest BCUT2D eigenvalue weighted by Gasteiger charge is -2.32. The number of likely N-dealkylation sites (tertiary alicyclic amines) is 1. The molecule has 6 heteroatoms. The number of fused-ring (bicyclic) bond motifs is 1. The van der Waals surface area contributed by atoms with Gasteiger partial charge in [0.2, 0.25) is 11.8 Å². The third-order valence-corrected chi connectivity index (χ3v) is 4.12. The second-order valence-corrected chi connectivity index (χ2v) is 5.74. The summed E-state index contributed by atoms with van der Waals surface area (Å²) in [5.41, 5.74) is 1.76. The Balaban J connectivity index is 1.62. The minimum Gasteiger partial charge on any atom is -0.439 e. The molecular formula is C16H18N4O2. The van der Waals surface area contributed by atoms with Crippen LogP contribution in [-0.2, 0) is 6.54 Å². The molecule has 1 atom stereocenters. The zero-order chi connectivity index (χ0) is 14.9. The van der Waals surface area contributed by atoms with Crippen molar-refractivity contribution in [2.45, 2.75) is 38.8 Å². The third-order valence-electron chi connectivity index (χ3n) is 4.12. The van der Waals surface area contributed by atoms with Crippen LogP contribution in [0.2, 0.25) is 0 Å². The summed E-state index contributed by atoms with van der Waals surface area (Å²) in [6, 6.07) is 8.07. The molecule has 6 nitrogen and oxygen atoms in total. The Kier molecular flexibility index (Phi) is 3.38. The standard InChI is InChI=1S/C16H18N4O2/c1-11-17-15(22-19-11)10-20-9-5-4-7-13(20)16-18-12-6-2-3-8-14(12)21-16/h2-3,6,8,13H,4-5,7,9-10H2,1H3/t13-/m0/s1. The number of nitrogens with zero attached hydrogens (tertiary/aromatic N) is 4. The molecule has 1 aliphatic heterocycles. The SMILES string of the molecule is Cc1noc(CN2CCCC[C@H]2c2nc3ccccc3o2)n1. The monoisotopic (exact) mass is 298 g/mol. The molecule has 2 aromatic heterocycles. The van der Waals surface area contributed by atoms with Gasteiger partial charge in [0.1, 0.15) is 5.52 Å². The lowest BCUT2D eigenvalue weighted by molar-refractivity contribution is 0.105. The molecule has 0 radical (unpaired) electrons. The molecular weight excluding hydrogens is 280 g/mol. The number of para-hydroxylation sites is 2. The number of aryl methyl sites for hydroxylation is 1. The van der Waals surface area contributed by atoms with Crippen LogP contribution in [-0.4, -0.2) is 26.6 Å². The Morgan fingerprint density at radius 3 is 2.95 bits per heavy atom. The maximum Gasteiger partial charge on any atom is 0.240 e.